The van der Waals surface area contributed by atoms with Crippen LogP contribution in [0.5, 0.6) is 0 Å². The van der Waals surface area contributed by atoms with Gasteiger partial charge < -0.3 is 0 Å². The Balaban J connectivity index is 2.65. The van der Waals surface area contributed by atoms with Crippen molar-refractivity contribution in [2.45, 2.75) is 12.6 Å². The highest BCUT2D eigenvalue weighted by molar-refractivity contribution is 5.18. The number of allylic oxidation sites excluding steroid dienone is 2. The average Bonchev–Trinajstić information content (AvgIpc) is 1.68. The Bertz CT molecular complexity index is 116. The Kier molecular flexibility index (Phi) is 0.836. The molecule has 1 aliphatic carbocycles. The van der Waals surface area contributed by atoms with Crippen molar-refractivity contribution in [3.8, 4) is 0 Å². The molecule has 0 radical (unpaired) electrons. The second kappa shape index (κ2) is 1.25. The standard InChI is InChI=1S/C4H3F3/c5-2-1-3(6)4(2)7/h2H,1H2. The lowest BCUT2D eigenvalue weighted by molar-refractivity contribution is 0.243. The maximum atomic E-state index is 11.5. The van der Waals surface area contributed by atoms with Crippen LogP contribution < -0.4 is 0 Å². The van der Waals surface area contributed by atoms with Crippen LogP contribution in [-0.2, 0) is 0 Å². The summed E-state index contributed by atoms with van der Waals surface area (Å²) in [4.78, 5) is 0. The SMILES string of the molecule is FC1=C(F)C(F)C1. The second-order valence-electron chi connectivity index (χ2n) is 1.42. The highest BCUT2D eigenvalue weighted by Crippen LogP contribution is 2.32. The van der Waals surface area contributed by atoms with Crippen LogP contribution in [0.1, 0.15) is 6.42 Å². The van der Waals surface area contributed by atoms with E-state index in [1.807, 2.05) is 0 Å². The molecule has 1 aliphatic rings. The Morgan fingerprint density at radius 3 is 2.00 bits per heavy atom. The van der Waals surface area contributed by atoms with Crippen LogP contribution in [-0.4, -0.2) is 6.17 Å². The van der Waals surface area contributed by atoms with E-state index in [9.17, 15) is 13.2 Å². The van der Waals surface area contributed by atoms with E-state index in [4.69, 9.17) is 0 Å². The zero-order valence-corrected chi connectivity index (χ0v) is 3.42. The highest BCUT2D eigenvalue weighted by atomic mass is 19.2. The van der Waals surface area contributed by atoms with Gasteiger partial charge in [-0.15, -0.1) is 0 Å². The van der Waals surface area contributed by atoms with Crippen molar-refractivity contribution >= 4 is 0 Å². The van der Waals surface area contributed by atoms with Gasteiger partial charge in [0, 0.05) is 6.42 Å². The molecule has 0 amide bonds. The number of rotatable bonds is 0. The van der Waals surface area contributed by atoms with Crippen molar-refractivity contribution in [1.29, 1.82) is 0 Å². The topological polar surface area (TPSA) is 0 Å². The summed E-state index contributed by atoms with van der Waals surface area (Å²) in [6, 6.07) is 0. The van der Waals surface area contributed by atoms with Crippen LogP contribution in [0.15, 0.2) is 11.7 Å². The summed E-state index contributed by atoms with van der Waals surface area (Å²) in [7, 11) is 0. The van der Waals surface area contributed by atoms with Crippen molar-refractivity contribution in [1.82, 2.24) is 0 Å². The Morgan fingerprint density at radius 1 is 1.43 bits per heavy atom. The third-order valence-electron chi connectivity index (χ3n) is 0.893. The van der Waals surface area contributed by atoms with Gasteiger partial charge in [-0.05, 0) is 0 Å². The van der Waals surface area contributed by atoms with Crippen LogP contribution in [0.4, 0.5) is 13.2 Å². The average molecular weight is 108 g/mol. The predicted octanol–water partition coefficient (Wildman–Crippen LogP) is 1.88. The lowest BCUT2D eigenvalue weighted by Crippen LogP contribution is -2.13. The molecule has 3 heteroatoms. The molecule has 1 unspecified atom stereocenters. The fraction of sp³-hybridized carbons (Fsp3) is 0.500. The molecule has 0 aromatic heterocycles. The lowest BCUT2D eigenvalue weighted by Gasteiger charge is -2.13. The largest absolute Gasteiger partial charge is 0.239 e. The molecule has 0 saturated heterocycles. The van der Waals surface area contributed by atoms with E-state index in [2.05, 4.69) is 0 Å². The van der Waals surface area contributed by atoms with Crippen molar-refractivity contribution in [2.75, 3.05) is 0 Å². The molecule has 7 heavy (non-hydrogen) atoms. The summed E-state index contributed by atoms with van der Waals surface area (Å²) in [5.41, 5.74) is 0. The Morgan fingerprint density at radius 2 is 2.00 bits per heavy atom. The van der Waals surface area contributed by atoms with Crippen LogP contribution >= 0.6 is 0 Å². The highest BCUT2D eigenvalue weighted by Gasteiger charge is 2.30. The smallest absolute Gasteiger partial charge is 0.166 e. The molecule has 40 valence electrons. The number of hydrogen-bond donors (Lipinski definition) is 0. The zero-order valence-electron chi connectivity index (χ0n) is 3.42. The van der Waals surface area contributed by atoms with Crippen molar-refractivity contribution < 1.29 is 13.2 Å². The van der Waals surface area contributed by atoms with Gasteiger partial charge in [-0.25, -0.2) is 13.2 Å². The number of hydrogen-bond acceptors (Lipinski definition) is 0. The Hall–Kier alpha value is -0.470. The predicted molar refractivity (Wildman–Crippen MR) is 18.8 cm³/mol. The summed E-state index contributed by atoms with van der Waals surface area (Å²) in [5, 5.41) is 0. The summed E-state index contributed by atoms with van der Waals surface area (Å²) in [6.07, 6.45) is -2.02. The Labute approximate surface area is 38.6 Å². The summed E-state index contributed by atoms with van der Waals surface area (Å²) >= 11 is 0. The first-order chi connectivity index (χ1) is 3.22. The van der Waals surface area contributed by atoms with Gasteiger partial charge in [0.25, 0.3) is 0 Å². The van der Waals surface area contributed by atoms with Crippen LogP contribution in [0, 0.1) is 0 Å². The van der Waals surface area contributed by atoms with Crippen LogP contribution in [0.25, 0.3) is 0 Å². The maximum absolute atomic E-state index is 11.5. The minimum atomic E-state index is -1.65. The molecule has 0 N–H and O–H groups in total. The quantitative estimate of drug-likeness (QED) is 0.444. The van der Waals surface area contributed by atoms with Crippen LogP contribution in [0.3, 0.4) is 0 Å². The molecule has 1 rings (SSSR count). The molecular weight excluding hydrogens is 105 g/mol. The molecule has 0 aromatic rings. The molecule has 0 nitrogen and oxygen atoms in total. The van der Waals surface area contributed by atoms with E-state index in [1.54, 1.807) is 0 Å². The van der Waals surface area contributed by atoms with Gasteiger partial charge in [-0.2, -0.15) is 0 Å². The molecule has 0 aliphatic heterocycles. The first-order valence-electron chi connectivity index (χ1n) is 1.90. The van der Waals surface area contributed by atoms with Crippen molar-refractivity contribution in [2.24, 2.45) is 0 Å². The molecule has 1 atom stereocenters. The zero-order chi connectivity index (χ0) is 5.44. The lowest BCUT2D eigenvalue weighted by atomic mass is 10.1. The molecule has 0 bridgehead atoms. The van der Waals surface area contributed by atoms with Crippen LogP contribution in [0.2, 0.25) is 0 Å². The summed E-state index contributed by atoms with van der Waals surface area (Å²) < 4.78 is 34.3. The van der Waals surface area contributed by atoms with Gasteiger partial charge in [0.05, 0.1) is 0 Å². The fourth-order valence-electron chi connectivity index (χ4n) is 0.383. The van der Waals surface area contributed by atoms with E-state index in [1.165, 1.54) is 0 Å². The second-order valence-corrected chi connectivity index (χ2v) is 1.42. The minimum Gasteiger partial charge on any atom is -0.239 e. The summed E-state index contributed by atoms with van der Waals surface area (Å²) in [6.45, 7) is 0. The monoisotopic (exact) mass is 108 g/mol. The fourth-order valence-corrected chi connectivity index (χ4v) is 0.383. The third-order valence-corrected chi connectivity index (χ3v) is 0.893. The normalized spacial score (nSPS) is 30.4. The van der Waals surface area contributed by atoms with E-state index in [0.717, 1.165) is 0 Å². The summed E-state index contributed by atoms with van der Waals surface area (Å²) in [5.74, 6) is -2.16. The molecule has 0 saturated carbocycles. The van der Waals surface area contributed by atoms with Crippen molar-refractivity contribution in [3.05, 3.63) is 11.7 Å². The number of halogens is 3. The third kappa shape index (κ3) is 0.518. The minimum absolute atomic E-state index is 0.369. The molecular formula is C4H3F3. The van der Waals surface area contributed by atoms with Gasteiger partial charge >= 0.3 is 0 Å². The van der Waals surface area contributed by atoms with Gasteiger partial charge in [0.2, 0.25) is 0 Å². The van der Waals surface area contributed by atoms with E-state index >= 15 is 0 Å². The molecule has 0 aromatic carbocycles. The van der Waals surface area contributed by atoms with Gasteiger partial charge in [-0.1, -0.05) is 0 Å². The number of alkyl halides is 1. The molecule has 0 spiro atoms. The molecule has 0 heterocycles. The molecule has 0 fully saturated rings. The van der Waals surface area contributed by atoms with E-state index in [0.29, 0.717) is 0 Å². The first-order valence-corrected chi connectivity index (χ1v) is 1.90. The van der Waals surface area contributed by atoms with E-state index < -0.39 is 17.8 Å². The van der Waals surface area contributed by atoms with Crippen molar-refractivity contribution in [3.63, 3.8) is 0 Å². The maximum Gasteiger partial charge on any atom is 0.166 e. The van der Waals surface area contributed by atoms with Gasteiger partial charge in [0.15, 0.2) is 12.0 Å². The van der Waals surface area contributed by atoms with Gasteiger partial charge in [0.1, 0.15) is 5.83 Å². The van der Waals surface area contributed by atoms with E-state index in [-0.39, 0.29) is 6.42 Å². The first kappa shape index (κ1) is 4.68. The van der Waals surface area contributed by atoms with Gasteiger partial charge in [-0.3, -0.25) is 0 Å².